The number of aromatic nitrogens is 1. The number of hydrogen-bond donors (Lipinski definition) is 0. The van der Waals surface area contributed by atoms with Crippen LogP contribution in [0.2, 0.25) is 0 Å². The van der Waals surface area contributed by atoms with E-state index in [-0.39, 0.29) is 5.82 Å². The molecule has 2 heterocycles. The Morgan fingerprint density at radius 1 is 1.25 bits per heavy atom. The Morgan fingerprint density at radius 3 is 3.00 bits per heavy atom. The van der Waals surface area contributed by atoms with Gasteiger partial charge in [0.05, 0.1) is 0 Å². The van der Waals surface area contributed by atoms with Gasteiger partial charge in [-0.3, -0.25) is 4.90 Å². The van der Waals surface area contributed by atoms with Gasteiger partial charge in [0.2, 0.25) is 5.89 Å². The quantitative estimate of drug-likeness (QED) is 0.688. The zero-order valence-electron chi connectivity index (χ0n) is 13.8. The molecule has 2 aromatic carbocycles. The Labute approximate surface area is 141 Å². The first-order valence-corrected chi connectivity index (χ1v) is 8.55. The van der Waals surface area contributed by atoms with Crippen molar-refractivity contribution in [2.75, 3.05) is 13.1 Å². The van der Waals surface area contributed by atoms with E-state index < -0.39 is 0 Å². The molecular weight excluding hydrogens is 303 g/mol. The molecule has 3 aromatic rings. The third-order valence-corrected chi connectivity index (χ3v) is 4.67. The van der Waals surface area contributed by atoms with Gasteiger partial charge in [-0.25, -0.2) is 9.37 Å². The van der Waals surface area contributed by atoms with E-state index >= 15 is 0 Å². The fraction of sp³-hybridized carbons (Fsp3) is 0.350. The number of nitrogens with zero attached hydrogens (tertiary/aromatic N) is 2. The van der Waals surface area contributed by atoms with Crippen molar-refractivity contribution in [3.05, 3.63) is 53.8 Å². The van der Waals surface area contributed by atoms with E-state index in [1.54, 1.807) is 6.07 Å². The number of likely N-dealkylation sites (tertiary alicyclic amines) is 1. The summed E-state index contributed by atoms with van der Waals surface area (Å²) in [4.78, 5) is 7.04. The topological polar surface area (TPSA) is 29.3 Å². The van der Waals surface area contributed by atoms with Gasteiger partial charge < -0.3 is 4.42 Å². The van der Waals surface area contributed by atoms with Crippen LogP contribution in [0.15, 0.2) is 46.9 Å². The Morgan fingerprint density at radius 2 is 2.17 bits per heavy atom. The van der Waals surface area contributed by atoms with Crippen molar-refractivity contribution in [3.8, 4) is 11.5 Å². The van der Waals surface area contributed by atoms with E-state index in [2.05, 4.69) is 28.9 Å². The molecule has 1 aliphatic rings. The molecule has 0 radical (unpaired) electrons. The summed E-state index contributed by atoms with van der Waals surface area (Å²) in [5.41, 5.74) is 3.48. The Bertz CT molecular complexity index is 858. The number of piperidine rings is 1. The second kappa shape index (κ2) is 6.36. The summed E-state index contributed by atoms with van der Waals surface area (Å²) in [6.45, 7) is 5.59. The van der Waals surface area contributed by atoms with Crippen LogP contribution < -0.4 is 0 Å². The lowest BCUT2D eigenvalue weighted by Crippen LogP contribution is -2.33. The first kappa shape index (κ1) is 15.3. The smallest absolute Gasteiger partial charge is 0.227 e. The second-order valence-corrected chi connectivity index (χ2v) is 6.81. The van der Waals surface area contributed by atoms with Crippen LogP contribution in [-0.2, 0) is 6.54 Å². The lowest BCUT2D eigenvalue weighted by Gasteiger charge is -2.30. The minimum Gasteiger partial charge on any atom is -0.436 e. The minimum absolute atomic E-state index is 0.283. The fourth-order valence-electron chi connectivity index (χ4n) is 3.50. The average molecular weight is 324 g/mol. The van der Waals surface area contributed by atoms with Gasteiger partial charge >= 0.3 is 0 Å². The third kappa shape index (κ3) is 3.20. The molecule has 1 fully saturated rings. The maximum atomic E-state index is 13.4. The van der Waals surface area contributed by atoms with E-state index in [1.165, 1.54) is 30.5 Å². The van der Waals surface area contributed by atoms with E-state index in [0.29, 0.717) is 11.5 Å². The Kier molecular flexibility index (Phi) is 4.07. The number of halogens is 1. The number of oxazole rings is 1. The van der Waals surface area contributed by atoms with Crippen molar-refractivity contribution in [1.29, 1.82) is 0 Å². The highest BCUT2D eigenvalue weighted by molar-refractivity contribution is 5.76. The molecule has 4 rings (SSSR count). The number of fused-ring (bicyclic) bond motifs is 1. The number of benzene rings is 2. The normalized spacial score (nSPS) is 19.0. The summed E-state index contributed by atoms with van der Waals surface area (Å²) in [5, 5.41) is 0. The van der Waals surface area contributed by atoms with Gasteiger partial charge in [0.1, 0.15) is 11.3 Å². The van der Waals surface area contributed by atoms with Crippen LogP contribution in [0.3, 0.4) is 0 Å². The standard InChI is InChI=1S/C20H21FN2O/c1-14-4-3-9-23(12-14)13-15-7-8-19-18(10-15)22-20(24-19)16-5-2-6-17(21)11-16/h2,5-8,10-11,14H,3-4,9,12-13H2,1H3/t14-/m1/s1. The molecule has 1 aliphatic heterocycles. The molecule has 124 valence electrons. The predicted octanol–water partition coefficient (Wildman–Crippen LogP) is 4.87. The molecule has 24 heavy (non-hydrogen) atoms. The molecule has 0 spiro atoms. The van der Waals surface area contributed by atoms with Crippen LogP contribution in [0.1, 0.15) is 25.3 Å². The highest BCUT2D eigenvalue weighted by Gasteiger charge is 2.17. The van der Waals surface area contributed by atoms with Crippen LogP contribution in [-0.4, -0.2) is 23.0 Å². The van der Waals surface area contributed by atoms with Crippen LogP contribution in [0.25, 0.3) is 22.6 Å². The first-order valence-electron chi connectivity index (χ1n) is 8.55. The minimum atomic E-state index is -0.283. The predicted molar refractivity (Wildman–Crippen MR) is 93.1 cm³/mol. The van der Waals surface area contributed by atoms with E-state index in [0.717, 1.165) is 36.7 Å². The zero-order valence-corrected chi connectivity index (χ0v) is 13.8. The summed E-state index contributed by atoms with van der Waals surface area (Å²) in [6, 6.07) is 12.5. The highest BCUT2D eigenvalue weighted by atomic mass is 19.1. The number of rotatable bonds is 3. The molecule has 4 heteroatoms. The van der Waals surface area contributed by atoms with E-state index in [4.69, 9.17) is 4.42 Å². The molecule has 0 saturated carbocycles. The molecule has 0 N–H and O–H groups in total. The SMILES string of the molecule is C[C@@H]1CCCN(Cc2ccc3oc(-c4cccc(F)c4)nc3c2)C1. The molecule has 0 aliphatic carbocycles. The van der Waals surface area contributed by atoms with Crippen molar-refractivity contribution in [2.45, 2.75) is 26.3 Å². The monoisotopic (exact) mass is 324 g/mol. The number of hydrogen-bond acceptors (Lipinski definition) is 3. The lowest BCUT2D eigenvalue weighted by atomic mass is 10.00. The van der Waals surface area contributed by atoms with Crippen LogP contribution in [0, 0.1) is 11.7 Å². The van der Waals surface area contributed by atoms with Crippen molar-refractivity contribution in [2.24, 2.45) is 5.92 Å². The van der Waals surface area contributed by atoms with E-state index in [1.807, 2.05) is 12.1 Å². The third-order valence-electron chi connectivity index (χ3n) is 4.67. The van der Waals surface area contributed by atoms with E-state index in [9.17, 15) is 4.39 Å². The molecular formula is C20H21FN2O. The van der Waals surface area contributed by atoms with Crippen molar-refractivity contribution < 1.29 is 8.81 Å². The molecule has 3 nitrogen and oxygen atoms in total. The Hall–Kier alpha value is -2.20. The molecule has 1 saturated heterocycles. The summed E-state index contributed by atoms with van der Waals surface area (Å²) in [7, 11) is 0. The lowest BCUT2D eigenvalue weighted by molar-refractivity contribution is 0.176. The summed E-state index contributed by atoms with van der Waals surface area (Å²) in [6.07, 6.45) is 2.60. The second-order valence-electron chi connectivity index (χ2n) is 6.81. The fourth-order valence-corrected chi connectivity index (χ4v) is 3.50. The zero-order chi connectivity index (χ0) is 16.5. The molecule has 0 bridgehead atoms. The molecule has 0 amide bonds. The van der Waals surface area contributed by atoms with Gasteiger partial charge in [0, 0.05) is 18.7 Å². The van der Waals surface area contributed by atoms with Gasteiger partial charge in [-0.2, -0.15) is 0 Å². The van der Waals surface area contributed by atoms with Gasteiger partial charge in [-0.15, -0.1) is 0 Å². The van der Waals surface area contributed by atoms with Gasteiger partial charge in [0.15, 0.2) is 5.58 Å². The first-order chi connectivity index (χ1) is 11.7. The van der Waals surface area contributed by atoms with Crippen molar-refractivity contribution in [1.82, 2.24) is 9.88 Å². The molecule has 1 aromatic heterocycles. The van der Waals surface area contributed by atoms with Gasteiger partial charge in [-0.1, -0.05) is 19.1 Å². The van der Waals surface area contributed by atoms with Crippen molar-refractivity contribution in [3.63, 3.8) is 0 Å². The summed E-state index contributed by atoms with van der Waals surface area (Å²) in [5.74, 6) is 0.956. The average Bonchev–Trinajstić information content (AvgIpc) is 2.98. The van der Waals surface area contributed by atoms with Crippen LogP contribution in [0.4, 0.5) is 4.39 Å². The summed E-state index contributed by atoms with van der Waals surface area (Å²) < 4.78 is 19.2. The summed E-state index contributed by atoms with van der Waals surface area (Å²) >= 11 is 0. The largest absolute Gasteiger partial charge is 0.436 e. The molecule has 1 atom stereocenters. The highest BCUT2D eigenvalue weighted by Crippen LogP contribution is 2.26. The van der Waals surface area contributed by atoms with Crippen LogP contribution >= 0.6 is 0 Å². The maximum Gasteiger partial charge on any atom is 0.227 e. The Balaban J connectivity index is 1.59. The van der Waals surface area contributed by atoms with Gasteiger partial charge in [0.25, 0.3) is 0 Å². The van der Waals surface area contributed by atoms with Crippen molar-refractivity contribution >= 4 is 11.1 Å². The maximum absolute atomic E-state index is 13.4. The van der Waals surface area contributed by atoms with Gasteiger partial charge in [-0.05, 0) is 61.2 Å². The van der Waals surface area contributed by atoms with Crippen LogP contribution in [0.5, 0.6) is 0 Å². The molecule has 0 unspecified atom stereocenters.